The van der Waals surface area contributed by atoms with Crippen LogP contribution in [0.4, 0.5) is 0 Å². The SMILES string of the molecule is CCN(CC)CCCN1C(=O)C(O)=C(C(=O)c2cc3ccccc3o2)[C@@H]1c1ccc(C)o1. The van der Waals surface area contributed by atoms with Gasteiger partial charge in [-0.3, -0.25) is 9.59 Å². The summed E-state index contributed by atoms with van der Waals surface area (Å²) in [7, 11) is 0. The summed E-state index contributed by atoms with van der Waals surface area (Å²) in [5.41, 5.74) is 0.563. The fourth-order valence-electron chi connectivity index (χ4n) is 4.24. The van der Waals surface area contributed by atoms with Crippen LogP contribution in [-0.2, 0) is 4.79 Å². The Morgan fingerprint density at radius 1 is 1.12 bits per heavy atom. The summed E-state index contributed by atoms with van der Waals surface area (Å²) in [6.45, 7) is 9.03. The lowest BCUT2D eigenvalue weighted by atomic mass is 9.99. The Hall–Kier alpha value is -3.32. The number of Topliss-reactive ketones (excluding diaryl/α,β-unsaturated/α-hetero) is 1. The van der Waals surface area contributed by atoms with Gasteiger partial charge in [0.15, 0.2) is 11.5 Å². The number of fused-ring (bicyclic) bond motifs is 1. The van der Waals surface area contributed by atoms with Crippen LogP contribution in [0.2, 0.25) is 0 Å². The van der Waals surface area contributed by atoms with Crippen LogP contribution < -0.4 is 0 Å². The van der Waals surface area contributed by atoms with Crippen LogP contribution in [0.1, 0.15) is 48.4 Å². The average molecular weight is 437 g/mol. The second-order valence-corrected chi connectivity index (χ2v) is 7.97. The summed E-state index contributed by atoms with van der Waals surface area (Å²) in [4.78, 5) is 30.2. The predicted molar refractivity (Wildman–Crippen MR) is 121 cm³/mol. The number of aryl methyl sites for hydroxylation is 1. The molecular weight excluding hydrogens is 408 g/mol. The summed E-state index contributed by atoms with van der Waals surface area (Å²) in [5.74, 6) is -0.434. The molecule has 0 aliphatic carbocycles. The number of carbonyl (C=O) groups is 2. The molecule has 1 aliphatic rings. The molecule has 1 N–H and O–H groups in total. The van der Waals surface area contributed by atoms with Crippen molar-refractivity contribution in [1.29, 1.82) is 0 Å². The normalized spacial score (nSPS) is 16.7. The molecular formula is C25H28N2O5. The Kier molecular flexibility index (Phi) is 6.19. The first-order valence-corrected chi connectivity index (χ1v) is 11.0. The Morgan fingerprint density at radius 2 is 1.88 bits per heavy atom. The van der Waals surface area contributed by atoms with Crippen LogP contribution in [-0.4, -0.2) is 52.8 Å². The van der Waals surface area contributed by atoms with Gasteiger partial charge >= 0.3 is 0 Å². The Bertz CT molecular complexity index is 1130. The van der Waals surface area contributed by atoms with Gasteiger partial charge in [-0.1, -0.05) is 32.0 Å². The van der Waals surface area contributed by atoms with E-state index in [1.54, 1.807) is 31.2 Å². The molecule has 168 valence electrons. The highest BCUT2D eigenvalue weighted by Crippen LogP contribution is 2.40. The minimum absolute atomic E-state index is 0.00811. The quantitative estimate of drug-likeness (QED) is 0.492. The maximum atomic E-state index is 13.4. The number of hydrogen-bond acceptors (Lipinski definition) is 6. The van der Waals surface area contributed by atoms with E-state index in [9.17, 15) is 14.7 Å². The van der Waals surface area contributed by atoms with Gasteiger partial charge in [0, 0.05) is 11.9 Å². The third-order valence-electron chi connectivity index (χ3n) is 6.00. The lowest BCUT2D eigenvalue weighted by Gasteiger charge is -2.26. The molecule has 0 radical (unpaired) electrons. The van der Waals surface area contributed by atoms with Crippen molar-refractivity contribution in [3.63, 3.8) is 0 Å². The predicted octanol–water partition coefficient (Wildman–Crippen LogP) is 4.64. The van der Waals surface area contributed by atoms with Crippen molar-refractivity contribution < 1.29 is 23.5 Å². The van der Waals surface area contributed by atoms with E-state index in [2.05, 4.69) is 18.7 Å². The highest BCUT2D eigenvalue weighted by atomic mass is 16.4. The van der Waals surface area contributed by atoms with E-state index in [0.717, 1.165) is 25.0 Å². The maximum absolute atomic E-state index is 13.4. The molecule has 0 saturated carbocycles. The lowest BCUT2D eigenvalue weighted by molar-refractivity contribution is -0.129. The van der Waals surface area contributed by atoms with Gasteiger partial charge in [0.25, 0.3) is 5.91 Å². The third-order valence-corrected chi connectivity index (χ3v) is 6.00. The molecule has 0 fully saturated rings. The monoisotopic (exact) mass is 436 g/mol. The number of rotatable bonds is 9. The van der Waals surface area contributed by atoms with Gasteiger partial charge in [0.2, 0.25) is 5.78 Å². The Labute approximate surface area is 186 Å². The van der Waals surface area contributed by atoms with Gasteiger partial charge in [-0.15, -0.1) is 0 Å². The number of benzene rings is 1. The van der Waals surface area contributed by atoms with E-state index in [0.29, 0.717) is 30.1 Å². The summed E-state index contributed by atoms with van der Waals surface area (Å²) >= 11 is 0. The van der Waals surface area contributed by atoms with Crippen molar-refractivity contribution in [3.8, 4) is 0 Å². The van der Waals surface area contributed by atoms with Crippen LogP contribution in [0.5, 0.6) is 0 Å². The highest BCUT2D eigenvalue weighted by Gasteiger charge is 2.45. The van der Waals surface area contributed by atoms with Crippen molar-refractivity contribution in [2.24, 2.45) is 0 Å². The smallest absolute Gasteiger partial charge is 0.290 e. The van der Waals surface area contributed by atoms with E-state index >= 15 is 0 Å². The van der Waals surface area contributed by atoms with Crippen LogP contribution in [0.15, 0.2) is 62.6 Å². The third kappa shape index (κ3) is 3.96. The molecule has 0 spiro atoms. The number of hydrogen-bond donors (Lipinski definition) is 1. The van der Waals surface area contributed by atoms with Crippen molar-refractivity contribution in [1.82, 2.24) is 9.80 Å². The molecule has 1 atom stereocenters. The molecule has 0 unspecified atom stereocenters. The van der Waals surface area contributed by atoms with Gasteiger partial charge in [0.05, 0.1) is 5.57 Å². The molecule has 0 saturated heterocycles. The molecule has 32 heavy (non-hydrogen) atoms. The minimum Gasteiger partial charge on any atom is -0.503 e. The van der Waals surface area contributed by atoms with Crippen molar-refractivity contribution >= 4 is 22.7 Å². The number of aliphatic hydroxyl groups is 1. The molecule has 7 nitrogen and oxygen atoms in total. The van der Waals surface area contributed by atoms with Crippen molar-refractivity contribution in [3.05, 3.63) is 71.1 Å². The Balaban J connectivity index is 1.67. The number of aliphatic hydroxyl groups excluding tert-OH is 1. The molecule has 1 aromatic carbocycles. The summed E-state index contributed by atoms with van der Waals surface area (Å²) in [6, 6.07) is 11.7. The fraction of sp³-hybridized carbons (Fsp3) is 0.360. The first-order chi connectivity index (χ1) is 15.4. The number of furan rings is 2. The summed E-state index contributed by atoms with van der Waals surface area (Å²) in [5, 5.41) is 11.5. The molecule has 3 aromatic rings. The first-order valence-electron chi connectivity index (χ1n) is 11.0. The number of ketones is 1. The van der Waals surface area contributed by atoms with Gasteiger partial charge in [-0.05, 0) is 57.2 Å². The van der Waals surface area contributed by atoms with E-state index in [1.807, 2.05) is 18.2 Å². The molecule has 0 bridgehead atoms. The van der Waals surface area contributed by atoms with Gasteiger partial charge in [-0.25, -0.2) is 0 Å². The number of nitrogens with zero attached hydrogens (tertiary/aromatic N) is 2. The second-order valence-electron chi connectivity index (χ2n) is 7.97. The summed E-state index contributed by atoms with van der Waals surface area (Å²) in [6.07, 6.45) is 0.711. The maximum Gasteiger partial charge on any atom is 0.290 e. The van der Waals surface area contributed by atoms with Gasteiger partial charge < -0.3 is 23.7 Å². The highest BCUT2D eigenvalue weighted by molar-refractivity contribution is 6.15. The van der Waals surface area contributed by atoms with Crippen LogP contribution >= 0.6 is 0 Å². The van der Waals surface area contributed by atoms with Gasteiger partial charge in [0.1, 0.15) is 23.1 Å². The van der Waals surface area contributed by atoms with Crippen molar-refractivity contribution in [2.75, 3.05) is 26.2 Å². The molecule has 2 aromatic heterocycles. The number of para-hydroxylation sites is 1. The van der Waals surface area contributed by atoms with Crippen LogP contribution in [0, 0.1) is 6.92 Å². The molecule has 1 aliphatic heterocycles. The fourth-order valence-corrected chi connectivity index (χ4v) is 4.24. The largest absolute Gasteiger partial charge is 0.503 e. The van der Waals surface area contributed by atoms with E-state index < -0.39 is 23.5 Å². The van der Waals surface area contributed by atoms with Crippen molar-refractivity contribution in [2.45, 2.75) is 33.2 Å². The number of amides is 1. The van der Waals surface area contributed by atoms with Gasteiger partial charge in [-0.2, -0.15) is 0 Å². The summed E-state index contributed by atoms with van der Waals surface area (Å²) < 4.78 is 11.5. The average Bonchev–Trinajstić information content (AvgIpc) is 3.48. The lowest BCUT2D eigenvalue weighted by Crippen LogP contribution is -2.34. The second kappa shape index (κ2) is 9.04. The molecule has 3 heterocycles. The zero-order chi connectivity index (χ0) is 22.8. The van der Waals surface area contributed by atoms with E-state index in [1.165, 1.54) is 4.90 Å². The number of carbonyl (C=O) groups excluding carboxylic acids is 2. The molecule has 1 amide bonds. The topological polar surface area (TPSA) is 87.1 Å². The van der Waals surface area contributed by atoms with E-state index in [4.69, 9.17) is 8.83 Å². The van der Waals surface area contributed by atoms with Crippen LogP contribution in [0.3, 0.4) is 0 Å². The standard InChI is InChI=1S/C25H28N2O5/c1-4-26(5-2)13-8-14-27-22(19-12-11-16(3)31-19)21(24(29)25(27)30)23(28)20-15-17-9-6-7-10-18(17)32-20/h6-7,9-12,15,22,29H,4-5,8,13-14H2,1-3H3/t22-/m0/s1. The Morgan fingerprint density at radius 3 is 2.53 bits per heavy atom. The van der Waals surface area contributed by atoms with E-state index in [-0.39, 0.29) is 11.3 Å². The zero-order valence-corrected chi connectivity index (χ0v) is 18.6. The first kappa shape index (κ1) is 21.9. The van der Waals surface area contributed by atoms with Crippen LogP contribution in [0.25, 0.3) is 11.0 Å². The molecule has 4 rings (SSSR count). The minimum atomic E-state index is -0.798. The molecule has 7 heteroatoms. The zero-order valence-electron chi connectivity index (χ0n) is 18.6.